The summed E-state index contributed by atoms with van der Waals surface area (Å²) in [5.41, 5.74) is 0. The molecule has 1 heterocycles. The highest BCUT2D eigenvalue weighted by Gasteiger charge is 2.14. The zero-order valence-electron chi connectivity index (χ0n) is 10.2. The van der Waals surface area contributed by atoms with Crippen molar-refractivity contribution in [3.63, 3.8) is 0 Å². The monoisotopic (exact) mass is 218 g/mol. The summed E-state index contributed by atoms with van der Waals surface area (Å²) in [5.74, 6) is 3.41. The summed E-state index contributed by atoms with van der Waals surface area (Å²) in [4.78, 5) is 0. The number of hydrogen-bond donors (Lipinski definition) is 0. The van der Waals surface area contributed by atoms with Gasteiger partial charge in [-0.25, -0.2) is 0 Å². The maximum atomic E-state index is 5.24. The Bertz CT molecular complexity index is 98.5. The molecule has 1 atom stereocenters. The van der Waals surface area contributed by atoms with E-state index in [9.17, 15) is 0 Å². The Kier molecular flexibility index (Phi) is 18.3. The molecule has 0 aromatic rings. The molecule has 86 valence electrons. The van der Waals surface area contributed by atoms with Crippen LogP contribution in [0.4, 0.5) is 0 Å². The molecule has 0 amide bonds. The van der Waals surface area contributed by atoms with Crippen LogP contribution < -0.4 is 0 Å². The maximum absolute atomic E-state index is 5.24. The Morgan fingerprint density at radius 1 is 1.50 bits per heavy atom. The summed E-state index contributed by atoms with van der Waals surface area (Å²) < 4.78 is 5.24. The molecule has 1 saturated heterocycles. The SMILES string of the molecule is C=CC.CC.CCSCC1CCOC1. The molecule has 0 aromatic heterocycles. The highest BCUT2D eigenvalue weighted by molar-refractivity contribution is 7.99. The van der Waals surface area contributed by atoms with Crippen molar-refractivity contribution in [2.45, 2.75) is 34.1 Å². The van der Waals surface area contributed by atoms with Crippen molar-refractivity contribution in [3.8, 4) is 0 Å². The van der Waals surface area contributed by atoms with Gasteiger partial charge in [-0.15, -0.1) is 6.58 Å². The highest BCUT2D eigenvalue weighted by atomic mass is 32.2. The van der Waals surface area contributed by atoms with Crippen LogP contribution >= 0.6 is 11.8 Å². The molecule has 1 aliphatic heterocycles. The minimum absolute atomic E-state index is 0.856. The lowest BCUT2D eigenvalue weighted by molar-refractivity contribution is 0.189. The van der Waals surface area contributed by atoms with Crippen molar-refractivity contribution in [2.75, 3.05) is 24.7 Å². The molecule has 0 saturated carbocycles. The number of allylic oxidation sites excluding steroid dienone is 1. The first-order chi connectivity index (χ1) is 6.85. The molecule has 0 spiro atoms. The van der Waals surface area contributed by atoms with E-state index >= 15 is 0 Å². The largest absolute Gasteiger partial charge is 0.381 e. The standard InChI is InChI=1S/C7H14OS.C3H6.C2H6/c1-2-9-6-7-3-4-8-5-7;1-3-2;1-2/h7H,2-6H2,1H3;3H,1H2,2H3;1-2H3. The zero-order chi connectivity index (χ0) is 11.2. The minimum Gasteiger partial charge on any atom is -0.381 e. The van der Waals surface area contributed by atoms with Crippen molar-refractivity contribution in [3.05, 3.63) is 12.7 Å². The first-order valence-corrected chi connectivity index (χ1v) is 6.73. The number of hydrogen-bond acceptors (Lipinski definition) is 2. The fourth-order valence-electron chi connectivity index (χ4n) is 0.999. The summed E-state index contributed by atoms with van der Waals surface area (Å²) in [6.07, 6.45) is 3.03. The summed E-state index contributed by atoms with van der Waals surface area (Å²) >= 11 is 2.03. The average Bonchev–Trinajstić information content (AvgIpc) is 2.72. The predicted octanol–water partition coefficient (Wildman–Crippen LogP) is 3.99. The lowest BCUT2D eigenvalue weighted by Crippen LogP contribution is -2.01. The van der Waals surface area contributed by atoms with Gasteiger partial charge >= 0.3 is 0 Å². The van der Waals surface area contributed by atoms with Crippen LogP contribution in [0.3, 0.4) is 0 Å². The van der Waals surface area contributed by atoms with Gasteiger partial charge in [0.25, 0.3) is 0 Å². The van der Waals surface area contributed by atoms with E-state index in [0.29, 0.717) is 0 Å². The van der Waals surface area contributed by atoms with Gasteiger partial charge in [-0.2, -0.15) is 11.8 Å². The van der Waals surface area contributed by atoms with Crippen molar-refractivity contribution in [1.29, 1.82) is 0 Å². The third-order valence-electron chi connectivity index (χ3n) is 1.58. The number of rotatable bonds is 3. The van der Waals surface area contributed by atoms with Gasteiger partial charge in [0.1, 0.15) is 0 Å². The molecule has 0 bridgehead atoms. The summed E-state index contributed by atoms with van der Waals surface area (Å²) in [6.45, 7) is 13.5. The van der Waals surface area contributed by atoms with Crippen molar-refractivity contribution in [2.24, 2.45) is 5.92 Å². The Morgan fingerprint density at radius 2 is 2.07 bits per heavy atom. The van der Waals surface area contributed by atoms with Gasteiger partial charge in [-0.3, -0.25) is 0 Å². The molecule has 1 aliphatic rings. The number of ether oxygens (including phenoxy) is 1. The van der Waals surface area contributed by atoms with Crippen LogP contribution in [0.15, 0.2) is 12.7 Å². The molecular formula is C12H26OS. The van der Waals surface area contributed by atoms with Crippen LogP contribution in [0.5, 0.6) is 0 Å². The first-order valence-electron chi connectivity index (χ1n) is 5.57. The van der Waals surface area contributed by atoms with E-state index in [4.69, 9.17) is 4.74 Å². The highest BCUT2D eigenvalue weighted by Crippen LogP contribution is 2.17. The lowest BCUT2D eigenvalue weighted by Gasteiger charge is -2.03. The molecule has 0 aliphatic carbocycles. The number of thioether (sulfide) groups is 1. The van der Waals surface area contributed by atoms with Crippen molar-refractivity contribution in [1.82, 2.24) is 0 Å². The third-order valence-corrected chi connectivity index (χ3v) is 2.70. The lowest BCUT2D eigenvalue weighted by atomic mass is 10.2. The molecule has 14 heavy (non-hydrogen) atoms. The van der Waals surface area contributed by atoms with Gasteiger partial charge in [-0.05, 0) is 30.8 Å². The molecule has 1 rings (SSSR count). The van der Waals surface area contributed by atoms with Gasteiger partial charge in [0.2, 0.25) is 0 Å². The van der Waals surface area contributed by atoms with Crippen LogP contribution in [0.1, 0.15) is 34.1 Å². The van der Waals surface area contributed by atoms with Gasteiger partial charge in [0.05, 0.1) is 6.61 Å². The van der Waals surface area contributed by atoms with E-state index in [1.54, 1.807) is 6.08 Å². The Balaban J connectivity index is 0. The van der Waals surface area contributed by atoms with Crippen molar-refractivity contribution < 1.29 is 4.74 Å². The van der Waals surface area contributed by atoms with E-state index in [1.807, 2.05) is 32.5 Å². The summed E-state index contributed by atoms with van der Waals surface area (Å²) in [7, 11) is 0. The fourth-order valence-corrected chi connectivity index (χ4v) is 1.83. The maximum Gasteiger partial charge on any atom is 0.0503 e. The predicted molar refractivity (Wildman–Crippen MR) is 69.1 cm³/mol. The molecule has 1 nitrogen and oxygen atoms in total. The van der Waals surface area contributed by atoms with Crippen LogP contribution in [-0.4, -0.2) is 24.7 Å². The van der Waals surface area contributed by atoms with Gasteiger partial charge in [0.15, 0.2) is 0 Å². The van der Waals surface area contributed by atoms with E-state index in [-0.39, 0.29) is 0 Å². The quantitative estimate of drug-likeness (QED) is 0.662. The van der Waals surface area contributed by atoms with E-state index in [0.717, 1.165) is 19.1 Å². The van der Waals surface area contributed by atoms with Gasteiger partial charge in [0, 0.05) is 6.61 Å². The molecule has 0 aromatic carbocycles. The Hall–Kier alpha value is 0.0500. The second kappa shape index (κ2) is 15.5. The van der Waals surface area contributed by atoms with Crippen LogP contribution in [-0.2, 0) is 4.74 Å². The average molecular weight is 218 g/mol. The van der Waals surface area contributed by atoms with Crippen LogP contribution in [0.2, 0.25) is 0 Å². The summed E-state index contributed by atoms with van der Waals surface area (Å²) in [5, 5.41) is 0. The molecule has 1 fully saturated rings. The molecule has 2 heteroatoms. The molecule has 0 radical (unpaired) electrons. The Labute approximate surface area is 94.3 Å². The smallest absolute Gasteiger partial charge is 0.0503 e. The normalized spacial score (nSPS) is 18.7. The van der Waals surface area contributed by atoms with E-state index in [1.165, 1.54) is 17.9 Å². The third kappa shape index (κ3) is 12.0. The van der Waals surface area contributed by atoms with Crippen LogP contribution in [0.25, 0.3) is 0 Å². The zero-order valence-corrected chi connectivity index (χ0v) is 11.0. The topological polar surface area (TPSA) is 9.23 Å². The van der Waals surface area contributed by atoms with Crippen LogP contribution in [0, 0.1) is 5.92 Å². The van der Waals surface area contributed by atoms with E-state index < -0.39 is 0 Å². The molecule has 0 N–H and O–H groups in total. The summed E-state index contributed by atoms with van der Waals surface area (Å²) in [6, 6.07) is 0. The fraction of sp³-hybridized carbons (Fsp3) is 0.833. The molecular weight excluding hydrogens is 192 g/mol. The van der Waals surface area contributed by atoms with Crippen molar-refractivity contribution >= 4 is 11.8 Å². The second-order valence-corrected chi connectivity index (χ2v) is 4.12. The first kappa shape index (κ1) is 16.5. The second-order valence-electron chi connectivity index (χ2n) is 2.80. The van der Waals surface area contributed by atoms with Gasteiger partial charge in [-0.1, -0.05) is 26.8 Å². The molecule has 1 unspecified atom stereocenters. The van der Waals surface area contributed by atoms with E-state index in [2.05, 4.69) is 13.5 Å². The Morgan fingerprint density at radius 3 is 2.43 bits per heavy atom. The minimum atomic E-state index is 0.856. The van der Waals surface area contributed by atoms with Gasteiger partial charge < -0.3 is 4.74 Å².